The Bertz CT molecular complexity index is 1030. The SMILES string of the molecule is CSc1nc(NC(C)C2CC(C)C2)c2c(ncn2Cc2ccc(C(F)(F)F)cc2)n1. The molecule has 1 saturated carbocycles. The Morgan fingerprint density at radius 2 is 1.90 bits per heavy atom. The summed E-state index contributed by atoms with van der Waals surface area (Å²) < 4.78 is 40.4. The van der Waals surface area contributed by atoms with Gasteiger partial charge in [0.05, 0.1) is 11.9 Å². The van der Waals surface area contributed by atoms with Gasteiger partial charge in [-0.1, -0.05) is 30.8 Å². The third-order valence-electron chi connectivity index (χ3n) is 5.75. The Hall–Kier alpha value is -2.29. The molecule has 1 unspecified atom stereocenters. The van der Waals surface area contributed by atoms with E-state index < -0.39 is 11.7 Å². The van der Waals surface area contributed by atoms with Gasteiger partial charge in [-0.3, -0.25) is 0 Å². The van der Waals surface area contributed by atoms with E-state index in [1.165, 1.54) is 36.7 Å². The van der Waals surface area contributed by atoms with Crippen molar-refractivity contribution < 1.29 is 13.2 Å². The minimum Gasteiger partial charge on any atom is -0.365 e. The van der Waals surface area contributed by atoms with Crippen LogP contribution in [0.4, 0.5) is 19.0 Å². The lowest BCUT2D eigenvalue weighted by atomic mass is 9.72. The average molecular weight is 436 g/mol. The molecule has 0 aliphatic heterocycles. The van der Waals surface area contributed by atoms with Crippen LogP contribution >= 0.6 is 11.8 Å². The first-order valence-electron chi connectivity index (χ1n) is 9.94. The summed E-state index contributed by atoms with van der Waals surface area (Å²) in [6, 6.07) is 5.48. The smallest absolute Gasteiger partial charge is 0.365 e. The molecule has 1 atom stereocenters. The number of imidazole rings is 1. The minimum atomic E-state index is -4.34. The normalized spacial score (nSPS) is 20.2. The zero-order chi connectivity index (χ0) is 21.5. The molecule has 1 N–H and O–H groups in total. The highest BCUT2D eigenvalue weighted by Crippen LogP contribution is 2.37. The highest BCUT2D eigenvalue weighted by atomic mass is 32.2. The molecule has 160 valence electrons. The first-order valence-corrected chi connectivity index (χ1v) is 11.2. The maximum atomic E-state index is 12.8. The van der Waals surface area contributed by atoms with E-state index in [9.17, 15) is 13.2 Å². The van der Waals surface area contributed by atoms with Crippen LogP contribution in [-0.2, 0) is 12.7 Å². The number of fused-ring (bicyclic) bond motifs is 1. The summed E-state index contributed by atoms with van der Waals surface area (Å²) in [5, 5.41) is 4.19. The molecule has 1 aliphatic carbocycles. The van der Waals surface area contributed by atoms with Crippen LogP contribution in [0.2, 0.25) is 0 Å². The average Bonchev–Trinajstić information content (AvgIpc) is 3.08. The van der Waals surface area contributed by atoms with Gasteiger partial charge in [0.2, 0.25) is 0 Å². The van der Waals surface area contributed by atoms with Gasteiger partial charge in [0.15, 0.2) is 16.6 Å². The molecule has 0 radical (unpaired) electrons. The first kappa shape index (κ1) is 21.0. The topological polar surface area (TPSA) is 55.6 Å². The zero-order valence-corrected chi connectivity index (χ0v) is 17.9. The monoisotopic (exact) mass is 435 g/mol. The van der Waals surface area contributed by atoms with Gasteiger partial charge >= 0.3 is 6.18 Å². The Morgan fingerprint density at radius 3 is 2.50 bits per heavy atom. The number of halogens is 3. The fraction of sp³-hybridized carbons (Fsp3) is 0.476. The highest BCUT2D eigenvalue weighted by Gasteiger charge is 2.31. The van der Waals surface area contributed by atoms with E-state index in [0.29, 0.717) is 23.3 Å². The second-order valence-electron chi connectivity index (χ2n) is 8.07. The summed E-state index contributed by atoms with van der Waals surface area (Å²) in [4.78, 5) is 13.6. The Balaban J connectivity index is 1.63. The molecule has 1 fully saturated rings. The van der Waals surface area contributed by atoms with Crippen molar-refractivity contribution >= 4 is 28.7 Å². The number of aromatic nitrogens is 4. The van der Waals surface area contributed by atoms with Crippen molar-refractivity contribution in [1.82, 2.24) is 19.5 Å². The highest BCUT2D eigenvalue weighted by molar-refractivity contribution is 7.98. The van der Waals surface area contributed by atoms with Gasteiger partial charge < -0.3 is 9.88 Å². The molecule has 1 aromatic carbocycles. The summed E-state index contributed by atoms with van der Waals surface area (Å²) in [6.07, 6.45) is 1.64. The van der Waals surface area contributed by atoms with Crippen molar-refractivity contribution in [1.29, 1.82) is 0 Å². The molecule has 2 heterocycles. The van der Waals surface area contributed by atoms with Crippen molar-refractivity contribution in [2.24, 2.45) is 11.8 Å². The molecule has 0 bridgehead atoms. The van der Waals surface area contributed by atoms with E-state index in [4.69, 9.17) is 0 Å². The summed E-state index contributed by atoms with van der Waals surface area (Å²) in [5.41, 5.74) is 1.45. The second-order valence-corrected chi connectivity index (χ2v) is 8.84. The lowest BCUT2D eigenvalue weighted by Crippen LogP contribution is -2.35. The van der Waals surface area contributed by atoms with Gasteiger partial charge in [-0.05, 0) is 55.6 Å². The Morgan fingerprint density at radius 1 is 1.20 bits per heavy atom. The predicted molar refractivity (Wildman–Crippen MR) is 113 cm³/mol. The first-order chi connectivity index (χ1) is 14.2. The van der Waals surface area contributed by atoms with Gasteiger partial charge in [-0.2, -0.15) is 13.2 Å². The number of nitrogens with one attached hydrogen (secondary N) is 1. The molecule has 2 aromatic heterocycles. The molecule has 4 rings (SSSR count). The summed E-state index contributed by atoms with van der Waals surface area (Å²) >= 11 is 1.45. The lowest BCUT2D eigenvalue weighted by Gasteiger charge is -2.37. The number of hydrogen-bond acceptors (Lipinski definition) is 5. The molecule has 0 saturated heterocycles. The number of alkyl halides is 3. The van der Waals surface area contributed by atoms with Gasteiger partial charge in [0, 0.05) is 12.6 Å². The van der Waals surface area contributed by atoms with Gasteiger partial charge in [-0.15, -0.1) is 0 Å². The van der Waals surface area contributed by atoms with E-state index in [1.54, 1.807) is 6.33 Å². The van der Waals surface area contributed by atoms with Crippen LogP contribution in [0.15, 0.2) is 35.7 Å². The van der Waals surface area contributed by atoms with Crippen molar-refractivity contribution in [3.8, 4) is 0 Å². The van der Waals surface area contributed by atoms with Gasteiger partial charge in [0.25, 0.3) is 0 Å². The number of rotatable bonds is 6. The fourth-order valence-electron chi connectivity index (χ4n) is 3.97. The lowest BCUT2D eigenvalue weighted by molar-refractivity contribution is -0.137. The van der Waals surface area contributed by atoms with E-state index in [2.05, 4.69) is 34.1 Å². The molecule has 0 spiro atoms. The Labute approximate surface area is 177 Å². The molecule has 5 nitrogen and oxygen atoms in total. The second kappa shape index (κ2) is 8.09. The van der Waals surface area contributed by atoms with E-state index in [1.807, 2.05) is 10.8 Å². The van der Waals surface area contributed by atoms with Crippen molar-refractivity contribution in [2.45, 2.75) is 50.6 Å². The van der Waals surface area contributed by atoms with Crippen LogP contribution in [0.1, 0.15) is 37.8 Å². The number of anilines is 1. The maximum Gasteiger partial charge on any atom is 0.416 e. The van der Waals surface area contributed by atoms with Gasteiger partial charge in [-0.25, -0.2) is 15.0 Å². The standard InChI is InChI=1S/C21H24F3N5S/c1-12-8-15(9-12)13(2)26-19-17-18(27-20(28-19)30-3)25-11-29(17)10-14-4-6-16(7-5-14)21(22,23)24/h4-7,11-13,15H,8-10H2,1-3H3,(H,26,27,28). The van der Waals surface area contributed by atoms with Crippen molar-refractivity contribution in [3.05, 3.63) is 41.7 Å². The van der Waals surface area contributed by atoms with Gasteiger partial charge in [0.1, 0.15) is 5.52 Å². The van der Waals surface area contributed by atoms with Crippen LogP contribution in [0.3, 0.4) is 0 Å². The molecule has 3 aromatic rings. The Kier molecular flexibility index (Phi) is 5.65. The quantitative estimate of drug-likeness (QED) is 0.411. The fourth-order valence-corrected chi connectivity index (χ4v) is 4.33. The maximum absolute atomic E-state index is 12.8. The number of nitrogens with zero attached hydrogens (tertiary/aromatic N) is 4. The largest absolute Gasteiger partial charge is 0.416 e. The van der Waals surface area contributed by atoms with E-state index in [0.717, 1.165) is 34.9 Å². The van der Waals surface area contributed by atoms with Crippen LogP contribution < -0.4 is 5.32 Å². The molecule has 0 amide bonds. The summed E-state index contributed by atoms with van der Waals surface area (Å²) in [6.45, 7) is 4.82. The molecule has 9 heteroatoms. The van der Waals surface area contributed by atoms with Crippen LogP contribution in [0.25, 0.3) is 11.2 Å². The van der Waals surface area contributed by atoms with Crippen LogP contribution in [0.5, 0.6) is 0 Å². The minimum absolute atomic E-state index is 0.267. The third kappa shape index (κ3) is 4.26. The van der Waals surface area contributed by atoms with Crippen molar-refractivity contribution in [2.75, 3.05) is 11.6 Å². The van der Waals surface area contributed by atoms with E-state index >= 15 is 0 Å². The zero-order valence-electron chi connectivity index (χ0n) is 17.1. The third-order valence-corrected chi connectivity index (χ3v) is 6.30. The number of hydrogen-bond donors (Lipinski definition) is 1. The summed E-state index contributed by atoms with van der Waals surface area (Å²) in [7, 11) is 0. The van der Waals surface area contributed by atoms with Crippen LogP contribution in [-0.4, -0.2) is 31.8 Å². The predicted octanol–water partition coefficient (Wildman–Crippen LogP) is 5.46. The summed E-state index contributed by atoms with van der Waals surface area (Å²) in [5.74, 6) is 2.09. The molecular weight excluding hydrogens is 411 g/mol. The van der Waals surface area contributed by atoms with Crippen LogP contribution in [0, 0.1) is 11.8 Å². The number of thioether (sulfide) groups is 1. The molecule has 1 aliphatic rings. The molecular formula is C21H24F3N5S. The number of benzene rings is 1. The van der Waals surface area contributed by atoms with E-state index in [-0.39, 0.29) is 6.04 Å². The molecule has 30 heavy (non-hydrogen) atoms. The van der Waals surface area contributed by atoms with Crippen molar-refractivity contribution in [3.63, 3.8) is 0 Å².